The third-order valence-corrected chi connectivity index (χ3v) is 3.52. The first-order valence-corrected chi connectivity index (χ1v) is 6.98. The molecule has 0 spiro atoms. The van der Waals surface area contributed by atoms with Gasteiger partial charge in [-0.2, -0.15) is 0 Å². The predicted molar refractivity (Wildman–Crippen MR) is 69.7 cm³/mol. The molecule has 1 rings (SSSR count). The highest BCUT2D eigenvalue weighted by Crippen LogP contribution is 2.15. The highest BCUT2D eigenvalue weighted by molar-refractivity contribution is 4.64. The Morgan fingerprint density at radius 2 is 1.69 bits per heavy atom. The highest BCUT2D eigenvalue weighted by Gasteiger charge is 2.11. The first kappa shape index (κ1) is 14.0. The fourth-order valence-corrected chi connectivity index (χ4v) is 2.25. The van der Waals surface area contributed by atoms with E-state index in [0.29, 0.717) is 0 Å². The van der Waals surface area contributed by atoms with E-state index >= 15 is 0 Å². The zero-order valence-electron chi connectivity index (χ0n) is 11.4. The fraction of sp³-hybridized carbons (Fsp3) is 1.00. The molecule has 1 aliphatic rings. The van der Waals surface area contributed by atoms with E-state index < -0.39 is 0 Å². The van der Waals surface area contributed by atoms with Crippen LogP contribution in [0.5, 0.6) is 0 Å². The van der Waals surface area contributed by atoms with Crippen molar-refractivity contribution in [2.24, 2.45) is 11.8 Å². The number of rotatable bonds is 7. The van der Waals surface area contributed by atoms with Gasteiger partial charge in [0.15, 0.2) is 0 Å². The van der Waals surface area contributed by atoms with Crippen molar-refractivity contribution in [2.75, 3.05) is 32.8 Å². The Balaban J connectivity index is 1.98. The quantitative estimate of drug-likeness (QED) is 0.662. The summed E-state index contributed by atoms with van der Waals surface area (Å²) in [5.74, 6) is 1.76. The summed E-state index contributed by atoms with van der Waals surface area (Å²) in [7, 11) is 0. The van der Waals surface area contributed by atoms with Crippen LogP contribution in [0.1, 0.15) is 46.5 Å². The van der Waals surface area contributed by atoms with Gasteiger partial charge < -0.3 is 4.74 Å². The van der Waals surface area contributed by atoms with Gasteiger partial charge >= 0.3 is 0 Å². The summed E-state index contributed by atoms with van der Waals surface area (Å²) < 4.78 is 5.36. The lowest BCUT2D eigenvalue weighted by Gasteiger charge is -2.27. The molecule has 16 heavy (non-hydrogen) atoms. The van der Waals surface area contributed by atoms with E-state index in [0.717, 1.165) is 38.1 Å². The van der Waals surface area contributed by atoms with Gasteiger partial charge in [0.05, 0.1) is 13.2 Å². The SMILES string of the molecule is CC(C)CCCC(C)CCN1CCOCC1. The van der Waals surface area contributed by atoms with Crippen molar-refractivity contribution in [3.8, 4) is 0 Å². The minimum atomic E-state index is 0.867. The first-order valence-electron chi connectivity index (χ1n) is 6.98. The fourth-order valence-electron chi connectivity index (χ4n) is 2.25. The maximum absolute atomic E-state index is 5.36. The number of hydrogen-bond donors (Lipinski definition) is 0. The van der Waals surface area contributed by atoms with Gasteiger partial charge in [-0.25, -0.2) is 0 Å². The lowest BCUT2D eigenvalue weighted by Crippen LogP contribution is -2.37. The molecule has 0 aromatic heterocycles. The predicted octanol–water partition coefficient (Wildman–Crippen LogP) is 3.17. The summed E-state index contributed by atoms with van der Waals surface area (Å²) in [6.07, 6.45) is 5.56. The number of nitrogens with zero attached hydrogens (tertiary/aromatic N) is 1. The standard InChI is InChI=1S/C14H29NO/c1-13(2)5-4-6-14(3)7-8-15-9-11-16-12-10-15/h13-14H,4-12H2,1-3H3. The van der Waals surface area contributed by atoms with Crippen LogP contribution in [0.15, 0.2) is 0 Å². The van der Waals surface area contributed by atoms with E-state index in [-0.39, 0.29) is 0 Å². The van der Waals surface area contributed by atoms with Gasteiger partial charge in [-0.3, -0.25) is 4.90 Å². The zero-order chi connectivity index (χ0) is 11.8. The summed E-state index contributed by atoms with van der Waals surface area (Å²) >= 11 is 0. The van der Waals surface area contributed by atoms with Gasteiger partial charge in [-0.1, -0.05) is 40.0 Å². The van der Waals surface area contributed by atoms with Crippen molar-refractivity contribution in [3.63, 3.8) is 0 Å². The molecule has 0 saturated carbocycles. The van der Waals surface area contributed by atoms with Gasteiger partial charge in [0.2, 0.25) is 0 Å². The summed E-state index contributed by atoms with van der Waals surface area (Å²) in [6.45, 7) is 12.4. The lowest BCUT2D eigenvalue weighted by atomic mass is 9.97. The van der Waals surface area contributed by atoms with Crippen molar-refractivity contribution >= 4 is 0 Å². The Hall–Kier alpha value is -0.0800. The topological polar surface area (TPSA) is 12.5 Å². The molecule has 2 nitrogen and oxygen atoms in total. The van der Waals surface area contributed by atoms with E-state index in [2.05, 4.69) is 25.7 Å². The molecule has 0 aromatic carbocycles. The molecule has 1 heterocycles. The van der Waals surface area contributed by atoms with Gasteiger partial charge in [0.1, 0.15) is 0 Å². The highest BCUT2D eigenvalue weighted by atomic mass is 16.5. The van der Waals surface area contributed by atoms with Crippen LogP contribution in [-0.2, 0) is 4.74 Å². The van der Waals surface area contributed by atoms with Crippen LogP contribution in [-0.4, -0.2) is 37.7 Å². The maximum atomic E-state index is 5.36. The minimum Gasteiger partial charge on any atom is -0.379 e. The van der Waals surface area contributed by atoms with Crippen LogP contribution >= 0.6 is 0 Å². The Morgan fingerprint density at radius 1 is 1.00 bits per heavy atom. The van der Waals surface area contributed by atoms with Crippen LogP contribution in [0.2, 0.25) is 0 Å². The molecule has 1 unspecified atom stereocenters. The Bertz CT molecular complexity index is 164. The van der Waals surface area contributed by atoms with Crippen molar-refractivity contribution in [1.82, 2.24) is 4.90 Å². The molecule has 0 aromatic rings. The molecule has 0 amide bonds. The van der Waals surface area contributed by atoms with Gasteiger partial charge in [-0.15, -0.1) is 0 Å². The summed E-state index contributed by atoms with van der Waals surface area (Å²) in [5, 5.41) is 0. The normalized spacial score (nSPS) is 20.2. The second-order valence-corrected chi connectivity index (χ2v) is 5.67. The van der Waals surface area contributed by atoms with E-state index in [1.807, 2.05) is 0 Å². The van der Waals surface area contributed by atoms with Gasteiger partial charge in [0.25, 0.3) is 0 Å². The molecule has 0 radical (unpaired) electrons. The van der Waals surface area contributed by atoms with Crippen LogP contribution in [0.3, 0.4) is 0 Å². The molecular formula is C14H29NO. The van der Waals surface area contributed by atoms with Crippen LogP contribution < -0.4 is 0 Å². The minimum absolute atomic E-state index is 0.867. The van der Waals surface area contributed by atoms with Crippen molar-refractivity contribution < 1.29 is 4.74 Å². The smallest absolute Gasteiger partial charge is 0.0594 e. The lowest BCUT2D eigenvalue weighted by molar-refractivity contribution is 0.0355. The molecule has 96 valence electrons. The molecule has 1 saturated heterocycles. The second-order valence-electron chi connectivity index (χ2n) is 5.67. The molecule has 0 aliphatic carbocycles. The summed E-state index contributed by atoms with van der Waals surface area (Å²) in [4.78, 5) is 2.54. The number of hydrogen-bond acceptors (Lipinski definition) is 2. The van der Waals surface area contributed by atoms with Crippen LogP contribution in [0.4, 0.5) is 0 Å². The third kappa shape index (κ3) is 6.49. The second kappa shape index (κ2) is 8.08. The Kier molecular flexibility index (Phi) is 7.06. The van der Waals surface area contributed by atoms with Crippen molar-refractivity contribution in [1.29, 1.82) is 0 Å². The van der Waals surface area contributed by atoms with Crippen molar-refractivity contribution in [2.45, 2.75) is 46.5 Å². The number of morpholine rings is 1. The molecule has 0 bridgehead atoms. The maximum Gasteiger partial charge on any atom is 0.0594 e. The first-order chi connectivity index (χ1) is 7.68. The molecule has 1 aliphatic heterocycles. The van der Waals surface area contributed by atoms with Crippen LogP contribution in [0.25, 0.3) is 0 Å². The summed E-state index contributed by atoms with van der Waals surface area (Å²) in [6, 6.07) is 0. The average molecular weight is 227 g/mol. The Morgan fingerprint density at radius 3 is 2.31 bits per heavy atom. The molecular weight excluding hydrogens is 198 g/mol. The molecule has 0 N–H and O–H groups in total. The third-order valence-electron chi connectivity index (χ3n) is 3.52. The molecule has 1 atom stereocenters. The summed E-state index contributed by atoms with van der Waals surface area (Å²) in [5.41, 5.74) is 0. The number of ether oxygens (including phenoxy) is 1. The Labute approximate surface area is 101 Å². The van der Waals surface area contributed by atoms with Crippen LogP contribution in [0, 0.1) is 11.8 Å². The van der Waals surface area contributed by atoms with Crippen molar-refractivity contribution in [3.05, 3.63) is 0 Å². The molecule has 1 fully saturated rings. The molecule has 2 heteroatoms. The monoisotopic (exact) mass is 227 g/mol. The van der Waals surface area contributed by atoms with E-state index in [1.54, 1.807) is 0 Å². The van der Waals surface area contributed by atoms with Gasteiger partial charge in [0, 0.05) is 13.1 Å². The van der Waals surface area contributed by atoms with Gasteiger partial charge in [-0.05, 0) is 24.8 Å². The zero-order valence-corrected chi connectivity index (χ0v) is 11.4. The largest absolute Gasteiger partial charge is 0.379 e. The average Bonchev–Trinajstić information content (AvgIpc) is 2.27. The van der Waals surface area contributed by atoms with E-state index in [4.69, 9.17) is 4.74 Å². The van der Waals surface area contributed by atoms with E-state index in [1.165, 1.54) is 32.2 Å². The van der Waals surface area contributed by atoms with E-state index in [9.17, 15) is 0 Å².